The van der Waals surface area contributed by atoms with Crippen LogP contribution in [0.1, 0.15) is 37.8 Å². The predicted molar refractivity (Wildman–Crippen MR) is 108 cm³/mol. The molecule has 0 amide bonds. The van der Waals surface area contributed by atoms with Gasteiger partial charge in [-0.2, -0.15) is 0 Å². The van der Waals surface area contributed by atoms with Crippen LogP contribution < -0.4 is 10.6 Å². The number of hydrogen-bond donors (Lipinski definition) is 2. The van der Waals surface area contributed by atoms with Crippen LogP contribution in [0.3, 0.4) is 0 Å². The Balaban J connectivity index is 1.99. The highest BCUT2D eigenvalue weighted by atomic mass is 32.2. The number of likely N-dealkylation sites (tertiary alicyclic amines) is 1. The zero-order valence-corrected chi connectivity index (χ0v) is 16.8. The molecule has 1 aliphatic rings. The number of benzene rings is 1. The summed E-state index contributed by atoms with van der Waals surface area (Å²) in [6.07, 6.45) is 4.35. The van der Waals surface area contributed by atoms with Crippen LogP contribution in [-0.2, 0) is 9.84 Å². The van der Waals surface area contributed by atoms with Crippen molar-refractivity contribution in [2.45, 2.75) is 32.2 Å². The van der Waals surface area contributed by atoms with Crippen LogP contribution in [-0.4, -0.2) is 64.0 Å². The minimum absolute atomic E-state index is 0.194. The van der Waals surface area contributed by atoms with Crippen molar-refractivity contribution in [3.05, 3.63) is 35.9 Å². The number of hydrogen-bond acceptors (Lipinski definition) is 4. The lowest BCUT2D eigenvalue weighted by molar-refractivity contribution is 0.251. The third kappa shape index (κ3) is 7.33. The Labute approximate surface area is 158 Å². The molecule has 1 heterocycles. The van der Waals surface area contributed by atoms with Gasteiger partial charge in [0.15, 0.2) is 5.96 Å². The fourth-order valence-electron chi connectivity index (χ4n) is 3.22. The van der Waals surface area contributed by atoms with Crippen molar-refractivity contribution >= 4 is 15.8 Å². The molecule has 146 valence electrons. The van der Waals surface area contributed by atoms with E-state index in [2.05, 4.69) is 39.8 Å². The second-order valence-corrected chi connectivity index (χ2v) is 9.06. The van der Waals surface area contributed by atoms with Crippen molar-refractivity contribution < 1.29 is 8.42 Å². The summed E-state index contributed by atoms with van der Waals surface area (Å²) in [6.45, 7) is 6.32. The minimum Gasteiger partial charge on any atom is -0.357 e. The number of rotatable bonds is 9. The molecule has 1 unspecified atom stereocenters. The van der Waals surface area contributed by atoms with Gasteiger partial charge >= 0.3 is 0 Å². The molecule has 0 saturated carbocycles. The average molecular weight is 381 g/mol. The predicted octanol–water partition coefficient (Wildman–Crippen LogP) is 1.81. The highest BCUT2D eigenvalue weighted by molar-refractivity contribution is 7.90. The molecular weight excluding hydrogens is 348 g/mol. The first-order valence-corrected chi connectivity index (χ1v) is 11.5. The number of nitrogens with one attached hydrogen (secondary N) is 2. The Morgan fingerprint density at radius 3 is 2.50 bits per heavy atom. The topological polar surface area (TPSA) is 73.8 Å². The van der Waals surface area contributed by atoms with E-state index in [0.29, 0.717) is 19.5 Å². The van der Waals surface area contributed by atoms with E-state index in [-0.39, 0.29) is 11.8 Å². The number of sulfone groups is 1. The van der Waals surface area contributed by atoms with E-state index in [4.69, 9.17) is 4.99 Å². The quantitative estimate of drug-likeness (QED) is 0.388. The van der Waals surface area contributed by atoms with Gasteiger partial charge < -0.3 is 10.6 Å². The van der Waals surface area contributed by atoms with Crippen LogP contribution in [0.15, 0.2) is 35.3 Å². The number of nitrogens with zero attached hydrogens (tertiary/aromatic N) is 2. The Bertz CT molecular complexity index is 655. The van der Waals surface area contributed by atoms with Crippen molar-refractivity contribution in [2.75, 3.05) is 44.7 Å². The van der Waals surface area contributed by atoms with Crippen molar-refractivity contribution in [3.8, 4) is 0 Å². The largest absolute Gasteiger partial charge is 0.357 e. The summed E-state index contributed by atoms with van der Waals surface area (Å²) in [4.78, 5) is 7.28. The van der Waals surface area contributed by atoms with E-state index >= 15 is 0 Å². The summed E-state index contributed by atoms with van der Waals surface area (Å²) in [5, 5.41) is 6.50. The van der Waals surface area contributed by atoms with Gasteiger partial charge in [0.2, 0.25) is 0 Å². The molecule has 1 aromatic rings. The first-order chi connectivity index (χ1) is 12.5. The third-order valence-corrected chi connectivity index (χ3v) is 5.55. The molecule has 0 radical (unpaired) electrons. The monoisotopic (exact) mass is 380 g/mol. The van der Waals surface area contributed by atoms with Gasteiger partial charge in [-0.05, 0) is 44.8 Å². The van der Waals surface area contributed by atoms with E-state index in [0.717, 1.165) is 25.6 Å². The molecule has 0 bridgehead atoms. The van der Waals surface area contributed by atoms with Crippen molar-refractivity contribution in [1.29, 1.82) is 0 Å². The van der Waals surface area contributed by atoms with Crippen molar-refractivity contribution in [1.82, 2.24) is 15.5 Å². The molecule has 2 rings (SSSR count). The molecule has 0 aliphatic carbocycles. The standard InChI is InChI=1S/C19H32N4O2S/c1-3-20-19(21-12-9-15-26(2,24)25)22-16-18(23-13-7-8-14-23)17-10-5-4-6-11-17/h4-6,10-11,18H,3,7-9,12-16H2,1-2H3,(H2,20,21,22). The van der Waals surface area contributed by atoms with Crippen molar-refractivity contribution in [3.63, 3.8) is 0 Å². The third-order valence-electron chi connectivity index (χ3n) is 4.52. The molecule has 1 saturated heterocycles. The van der Waals surface area contributed by atoms with Crippen LogP contribution >= 0.6 is 0 Å². The molecule has 1 atom stereocenters. The van der Waals surface area contributed by atoms with E-state index in [9.17, 15) is 8.42 Å². The van der Waals surface area contributed by atoms with E-state index in [1.165, 1.54) is 24.7 Å². The summed E-state index contributed by atoms with van der Waals surface area (Å²) in [7, 11) is -2.91. The molecule has 0 spiro atoms. The molecule has 1 aliphatic heterocycles. The second kappa shape index (κ2) is 10.5. The van der Waals surface area contributed by atoms with Gasteiger partial charge in [0.1, 0.15) is 9.84 Å². The van der Waals surface area contributed by atoms with Gasteiger partial charge in [0.25, 0.3) is 0 Å². The lowest BCUT2D eigenvalue weighted by Crippen LogP contribution is -2.39. The molecule has 1 fully saturated rings. The van der Waals surface area contributed by atoms with Gasteiger partial charge in [-0.3, -0.25) is 9.89 Å². The summed E-state index contributed by atoms with van der Waals surface area (Å²) in [5.74, 6) is 0.945. The SMILES string of the molecule is CCNC(=NCC(c1ccccc1)N1CCCC1)NCCCS(C)(=O)=O. The summed E-state index contributed by atoms with van der Waals surface area (Å²) in [5.41, 5.74) is 1.30. The van der Waals surface area contributed by atoms with Gasteiger partial charge in [0, 0.05) is 19.3 Å². The van der Waals surface area contributed by atoms with Crippen LogP contribution in [0.2, 0.25) is 0 Å². The van der Waals surface area contributed by atoms with Gasteiger partial charge in [-0.15, -0.1) is 0 Å². The number of guanidine groups is 1. The lowest BCUT2D eigenvalue weighted by atomic mass is 10.1. The molecule has 7 heteroatoms. The molecule has 6 nitrogen and oxygen atoms in total. The summed E-state index contributed by atoms with van der Waals surface area (Å²) < 4.78 is 22.5. The highest BCUT2D eigenvalue weighted by Crippen LogP contribution is 2.25. The first-order valence-electron chi connectivity index (χ1n) is 9.48. The Morgan fingerprint density at radius 1 is 1.19 bits per heavy atom. The zero-order chi connectivity index (χ0) is 18.8. The molecule has 0 aromatic heterocycles. The van der Waals surface area contributed by atoms with Crippen LogP contribution in [0.5, 0.6) is 0 Å². The zero-order valence-electron chi connectivity index (χ0n) is 15.9. The molecular formula is C19H32N4O2S. The maximum absolute atomic E-state index is 11.2. The highest BCUT2D eigenvalue weighted by Gasteiger charge is 2.23. The Hall–Kier alpha value is -1.60. The van der Waals surface area contributed by atoms with Gasteiger partial charge in [0.05, 0.1) is 18.3 Å². The maximum atomic E-state index is 11.2. The normalized spacial score (nSPS) is 17.2. The van der Waals surface area contributed by atoms with E-state index in [1.54, 1.807) is 0 Å². The van der Waals surface area contributed by atoms with Crippen LogP contribution in [0.25, 0.3) is 0 Å². The Kier molecular flexibility index (Phi) is 8.38. The molecule has 1 aromatic carbocycles. The second-order valence-electron chi connectivity index (χ2n) is 6.80. The summed E-state index contributed by atoms with van der Waals surface area (Å²) in [6, 6.07) is 10.8. The average Bonchev–Trinajstić information content (AvgIpc) is 3.13. The summed E-state index contributed by atoms with van der Waals surface area (Å²) >= 11 is 0. The smallest absolute Gasteiger partial charge is 0.191 e. The maximum Gasteiger partial charge on any atom is 0.191 e. The Morgan fingerprint density at radius 2 is 1.88 bits per heavy atom. The first kappa shape index (κ1) is 20.7. The van der Waals surface area contributed by atoms with E-state index in [1.807, 2.05) is 13.0 Å². The van der Waals surface area contributed by atoms with Crippen LogP contribution in [0.4, 0.5) is 0 Å². The fourth-order valence-corrected chi connectivity index (χ4v) is 3.89. The number of aliphatic imine (C=N–C) groups is 1. The van der Waals surface area contributed by atoms with Crippen LogP contribution in [0, 0.1) is 0 Å². The van der Waals surface area contributed by atoms with Gasteiger partial charge in [-0.1, -0.05) is 30.3 Å². The lowest BCUT2D eigenvalue weighted by Gasteiger charge is -2.27. The van der Waals surface area contributed by atoms with Gasteiger partial charge in [-0.25, -0.2) is 8.42 Å². The minimum atomic E-state index is -2.91. The van der Waals surface area contributed by atoms with E-state index < -0.39 is 9.84 Å². The molecule has 26 heavy (non-hydrogen) atoms. The molecule has 2 N–H and O–H groups in total. The van der Waals surface area contributed by atoms with Crippen molar-refractivity contribution in [2.24, 2.45) is 4.99 Å². The fraction of sp³-hybridized carbons (Fsp3) is 0.632.